The molecule has 0 unspecified atom stereocenters. The summed E-state index contributed by atoms with van der Waals surface area (Å²) in [6.07, 6.45) is 15.4. The highest BCUT2D eigenvalue weighted by atomic mass is 19.1. The minimum Gasteiger partial charge on any atom is -0.339 e. The number of hydrogen-bond donors (Lipinski definition) is 0. The van der Waals surface area contributed by atoms with Crippen LogP contribution >= 0.6 is 0 Å². The van der Waals surface area contributed by atoms with Gasteiger partial charge >= 0.3 is 0 Å². The highest BCUT2D eigenvalue weighted by Gasteiger charge is 2.73. The van der Waals surface area contributed by atoms with Gasteiger partial charge in [0, 0.05) is 42.2 Å². The van der Waals surface area contributed by atoms with Crippen LogP contribution in [0.5, 0.6) is 0 Å². The molecule has 0 atom stereocenters. The first-order valence-corrected chi connectivity index (χ1v) is 15.2. The van der Waals surface area contributed by atoms with Crippen molar-refractivity contribution in [3.05, 3.63) is 66.7 Å². The summed E-state index contributed by atoms with van der Waals surface area (Å²) in [6.45, 7) is 0.683. The van der Waals surface area contributed by atoms with Gasteiger partial charge in [-0.05, 0) is 111 Å². The van der Waals surface area contributed by atoms with Gasteiger partial charge in [-0.3, -0.25) is 4.79 Å². The number of carbonyl (C=O) groups is 1. The Kier molecular flexibility index (Phi) is 4.73. The second kappa shape index (κ2) is 8.05. The predicted octanol–water partition coefficient (Wildman–Crippen LogP) is 6.78. The number of carbonyl (C=O) groups excluding carboxylic acids is 1. The molecule has 0 aliphatic heterocycles. The monoisotopic (exact) mass is 551 g/mol. The summed E-state index contributed by atoms with van der Waals surface area (Å²) in [4.78, 5) is 25.6. The van der Waals surface area contributed by atoms with Crippen molar-refractivity contribution in [1.82, 2.24) is 19.5 Å². The van der Waals surface area contributed by atoms with E-state index in [4.69, 9.17) is 9.51 Å². The number of halogens is 1. The van der Waals surface area contributed by atoms with E-state index < -0.39 is 11.1 Å². The average Bonchev–Trinajstić information content (AvgIpc) is 3.49. The average molecular weight is 552 g/mol. The quantitative estimate of drug-likeness (QED) is 0.253. The van der Waals surface area contributed by atoms with Crippen molar-refractivity contribution in [1.29, 1.82) is 0 Å². The number of hydrogen-bond acceptors (Lipinski definition) is 5. The Bertz CT molecular complexity index is 1660. The lowest BCUT2D eigenvalue weighted by Gasteiger charge is -2.65. The SMILES string of the molecule is O=C(N(CC12CCC(c3nc(C4CC4)no3)(CC1)CC2)c1cccc(-c2ccn3ccnc3c2)c1)C12CC(F)(C1)C2. The molecule has 1 aromatic carbocycles. The van der Waals surface area contributed by atoms with Gasteiger partial charge in [-0.25, -0.2) is 9.37 Å². The second-order valence-electron chi connectivity index (χ2n) is 14.0. The van der Waals surface area contributed by atoms with Crippen molar-refractivity contribution < 1.29 is 13.7 Å². The first-order chi connectivity index (χ1) is 19.9. The number of nitrogens with zero attached hydrogens (tertiary/aromatic N) is 5. The molecule has 0 saturated heterocycles. The number of rotatable bonds is 7. The molecule has 7 saturated carbocycles. The molecule has 0 N–H and O–H groups in total. The normalized spacial score (nSPS) is 33.4. The van der Waals surface area contributed by atoms with Crippen LogP contribution in [0, 0.1) is 10.8 Å². The van der Waals surface area contributed by atoms with Crippen LogP contribution in [0.1, 0.15) is 88.3 Å². The van der Waals surface area contributed by atoms with Crippen LogP contribution in [0.2, 0.25) is 0 Å². The van der Waals surface area contributed by atoms with Crippen LogP contribution in [-0.2, 0) is 10.2 Å². The lowest BCUT2D eigenvalue weighted by molar-refractivity contribution is -0.211. The van der Waals surface area contributed by atoms with Gasteiger partial charge in [0.25, 0.3) is 0 Å². The van der Waals surface area contributed by atoms with Gasteiger partial charge in [-0.1, -0.05) is 17.3 Å². The highest BCUT2D eigenvalue weighted by molar-refractivity contribution is 6.00. The Balaban J connectivity index is 1.02. The maximum Gasteiger partial charge on any atom is 0.233 e. The first-order valence-electron chi connectivity index (χ1n) is 15.2. The Labute approximate surface area is 238 Å². The van der Waals surface area contributed by atoms with Gasteiger partial charge in [-0.15, -0.1) is 0 Å². The fraction of sp³-hybridized carbons (Fsp3) is 0.515. The number of benzene rings is 1. The van der Waals surface area contributed by atoms with Gasteiger partial charge in [0.2, 0.25) is 11.8 Å². The standard InChI is InChI=1S/C33H34FN5O2/c34-33-18-32(19-33,20-33)29(40)39(25-3-1-2-23(16-25)24-6-14-38-15-13-35-26(38)17-24)21-30-7-10-31(11-8-30,12-9-30)28-36-27(37-41-28)22-4-5-22/h1-3,6,13-17,22H,4-5,7-12,18-21H2. The fourth-order valence-electron chi connectivity index (χ4n) is 8.51. The third kappa shape index (κ3) is 3.61. The largest absolute Gasteiger partial charge is 0.339 e. The first kappa shape index (κ1) is 24.1. The predicted molar refractivity (Wildman–Crippen MR) is 151 cm³/mol. The van der Waals surface area contributed by atoms with Crippen LogP contribution in [0.3, 0.4) is 0 Å². The molecule has 210 valence electrons. The molecule has 7 nitrogen and oxygen atoms in total. The van der Waals surface area contributed by atoms with Gasteiger partial charge in [0.1, 0.15) is 11.3 Å². The number of aromatic nitrogens is 4. The summed E-state index contributed by atoms with van der Waals surface area (Å²) >= 11 is 0. The van der Waals surface area contributed by atoms with Crippen LogP contribution in [0.25, 0.3) is 16.8 Å². The number of imidazole rings is 1. The molecule has 1 amide bonds. The van der Waals surface area contributed by atoms with E-state index in [0.717, 1.165) is 72.7 Å². The van der Waals surface area contributed by atoms with E-state index >= 15 is 0 Å². The smallest absolute Gasteiger partial charge is 0.233 e. The summed E-state index contributed by atoms with van der Waals surface area (Å²) in [7, 11) is 0. The summed E-state index contributed by atoms with van der Waals surface area (Å²) in [5, 5.41) is 4.32. The topological polar surface area (TPSA) is 76.5 Å². The zero-order valence-corrected chi connectivity index (χ0v) is 23.2. The third-order valence-electron chi connectivity index (χ3n) is 11.3. The van der Waals surface area contributed by atoms with Crippen LogP contribution < -0.4 is 4.90 Å². The molecule has 8 heteroatoms. The summed E-state index contributed by atoms with van der Waals surface area (Å²) < 4.78 is 22.4. The molecule has 7 aliphatic rings. The van der Waals surface area contributed by atoms with Gasteiger partial charge in [-0.2, -0.15) is 4.98 Å². The molecule has 0 spiro atoms. The Hall–Kier alpha value is -3.55. The van der Waals surface area contributed by atoms with Crippen molar-refractivity contribution >= 4 is 17.2 Å². The molecule has 11 rings (SSSR count). The summed E-state index contributed by atoms with van der Waals surface area (Å²) in [5.41, 5.74) is 2.32. The minimum absolute atomic E-state index is 0.0173. The van der Waals surface area contributed by atoms with E-state index in [9.17, 15) is 9.18 Å². The molecule has 3 aromatic heterocycles. The zero-order chi connectivity index (χ0) is 27.5. The molecule has 3 heterocycles. The number of fused-ring (bicyclic) bond motifs is 4. The molecule has 4 aromatic rings. The van der Waals surface area contributed by atoms with E-state index in [0.29, 0.717) is 31.7 Å². The number of amides is 1. The molecule has 7 fully saturated rings. The highest BCUT2D eigenvalue weighted by Crippen LogP contribution is 2.70. The van der Waals surface area contributed by atoms with Crippen molar-refractivity contribution in [3.63, 3.8) is 0 Å². The molecule has 7 aliphatic carbocycles. The van der Waals surface area contributed by atoms with Gasteiger partial charge in [0.05, 0.1) is 5.41 Å². The summed E-state index contributed by atoms with van der Waals surface area (Å²) in [6, 6.07) is 12.5. The van der Waals surface area contributed by atoms with E-state index in [1.807, 2.05) is 27.8 Å². The minimum atomic E-state index is -1.11. The van der Waals surface area contributed by atoms with E-state index in [-0.39, 0.29) is 16.7 Å². The fourth-order valence-corrected chi connectivity index (χ4v) is 8.51. The molecule has 0 radical (unpaired) electrons. The van der Waals surface area contributed by atoms with Gasteiger partial charge < -0.3 is 13.8 Å². The third-order valence-corrected chi connectivity index (χ3v) is 11.3. The molecule has 4 bridgehead atoms. The van der Waals surface area contributed by atoms with E-state index in [1.54, 1.807) is 6.20 Å². The molecular weight excluding hydrogens is 517 g/mol. The van der Waals surface area contributed by atoms with Crippen LogP contribution in [0.4, 0.5) is 10.1 Å². The molecular formula is C33H34FN5O2. The summed E-state index contributed by atoms with van der Waals surface area (Å²) in [5.74, 6) is 2.34. The lowest BCUT2D eigenvalue weighted by atomic mass is 9.41. The number of alkyl halides is 1. The van der Waals surface area contributed by atoms with Crippen molar-refractivity contribution in [3.8, 4) is 11.1 Å². The Morgan fingerprint density at radius 1 is 1.00 bits per heavy atom. The van der Waals surface area contributed by atoms with Crippen molar-refractivity contribution in [2.45, 2.75) is 87.6 Å². The van der Waals surface area contributed by atoms with Crippen LogP contribution in [-0.4, -0.2) is 37.6 Å². The van der Waals surface area contributed by atoms with E-state index in [2.05, 4.69) is 40.5 Å². The maximum absolute atomic E-state index is 14.6. The van der Waals surface area contributed by atoms with Gasteiger partial charge in [0.15, 0.2) is 5.82 Å². The molecule has 41 heavy (non-hydrogen) atoms. The number of pyridine rings is 1. The van der Waals surface area contributed by atoms with E-state index in [1.165, 1.54) is 12.8 Å². The van der Waals surface area contributed by atoms with Crippen molar-refractivity contribution in [2.75, 3.05) is 11.4 Å². The Morgan fingerprint density at radius 2 is 1.76 bits per heavy atom. The maximum atomic E-state index is 14.6. The number of anilines is 1. The lowest BCUT2D eigenvalue weighted by Crippen LogP contribution is -2.71. The zero-order valence-electron chi connectivity index (χ0n) is 23.2. The second-order valence-corrected chi connectivity index (χ2v) is 14.0. The Morgan fingerprint density at radius 3 is 2.49 bits per heavy atom. The van der Waals surface area contributed by atoms with Crippen LogP contribution in [0.15, 0.2) is 59.5 Å². The van der Waals surface area contributed by atoms with Crippen molar-refractivity contribution in [2.24, 2.45) is 10.8 Å².